The summed E-state index contributed by atoms with van der Waals surface area (Å²) in [6.07, 6.45) is 16.8. The van der Waals surface area contributed by atoms with Crippen molar-refractivity contribution in [2.24, 2.45) is 22.6 Å². The maximum atomic E-state index is 13.7. The summed E-state index contributed by atoms with van der Waals surface area (Å²) in [7, 11) is 0. The van der Waals surface area contributed by atoms with Gasteiger partial charge in [0.15, 0.2) is 5.96 Å². The quantitative estimate of drug-likeness (QED) is 0.436. The highest BCUT2D eigenvalue weighted by Gasteiger charge is 2.48. The van der Waals surface area contributed by atoms with Crippen LogP contribution in [0.5, 0.6) is 0 Å². The van der Waals surface area contributed by atoms with Crippen LogP contribution < -0.4 is 16.4 Å². The molecule has 2 aliphatic carbocycles. The van der Waals surface area contributed by atoms with E-state index in [4.69, 9.17) is 10.7 Å². The molecule has 0 spiro atoms. The predicted molar refractivity (Wildman–Crippen MR) is 134 cm³/mol. The summed E-state index contributed by atoms with van der Waals surface area (Å²) in [6, 6.07) is -0.139. The molecule has 3 rings (SSSR count). The summed E-state index contributed by atoms with van der Waals surface area (Å²) in [4.78, 5) is 32.1. The molecule has 1 atom stereocenters. The van der Waals surface area contributed by atoms with E-state index in [1.807, 2.05) is 13.1 Å². The molecule has 3 aliphatic rings. The second-order valence-corrected chi connectivity index (χ2v) is 10.4. The smallest absolute Gasteiger partial charge is 0.318 e. The first-order valence-corrected chi connectivity index (χ1v) is 13.4. The Balaban J connectivity index is 1.55. The first-order chi connectivity index (χ1) is 16.0. The third kappa shape index (κ3) is 6.97. The molecule has 7 nitrogen and oxygen atoms in total. The number of urea groups is 1. The lowest BCUT2D eigenvalue weighted by atomic mass is 9.77. The Morgan fingerprint density at radius 2 is 1.85 bits per heavy atom. The van der Waals surface area contributed by atoms with E-state index in [0.29, 0.717) is 30.9 Å². The van der Waals surface area contributed by atoms with Crippen LogP contribution in [-0.2, 0) is 4.79 Å². The molecule has 186 valence electrons. The van der Waals surface area contributed by atoms with Crippen LogP contribution in [0.15, 0.2) is 16.8 Å². The molecule has 0 saturated heterocycles. The van der Waals surface area contributed by atoms with Gasteiger partial charge in [0.1, 0.15) is 5.54 Å². The lowest BCUT2D eigenvalue weighted by Crippen LogP contribution is -2.47. The van der Waals surface area contributed by atoms with Crippen LogP contribution in [0, 0.1) is 11.8 Å². The zero-order chi connectivity index (χ0) is 23.7. The van der Waals surface area contributed by atoms with Gasteiger partial charge in [-0.15, -0.1) is 0 Å². The van der Waals surface area contributed by atoms with E-state index in [1.54, 1.807) is 4.90 Å². The molecular formula is C26H45N5O2. The molecule has 1 aliphatic heterocycles. The van der Waals surface area contributed by atoms with Gasteiger partial charge >= 0.3 is 6.03 Å². The lowest BCUT2D eigenvalue weighted by molar-refractivity contribution is -0.132. The highest BCUT2D eigenvalue weighted by molar-refractivity contribution is 6.06. The second-order valence-electron chi connectivity index (χ2n) is 10.4. The van der Waals surface area contributed by atoms with Crippen LogP contribution in [0.25, 0.3) is 0 Å². The zero-order valence-electron chi connectivity index (χ0n) is 20.8. The number of hydrogen-bond acceptors (Lipinski definition) is 4. The van der Waals surface area contributed by atoms with Gasteiger partial charge in [0.25, 0.3) is 5.91 Å². The number of nitrogens with zero attached hydrogens (tertiary/aromatic N) is 2. The molecule has 0 bridgehead atoms. The average molecular weight is 460 g/mol. The maximum Gasteiger partial charge on any atom is 0.318 e. The fourth-order valence-corrected chi connectivity index (χ4v) is 5.69. The van der Waals surface area contributed by atoms with E-state index in [1.165, 1.54) is 37.7 Å². The van der Waals surface area contributed by atoms with Crippen molar-refractivity contribution in [3.8, 4) is 0 Å². The zero-order valence-corrected chi connectivity index (χ0v) is 20.8. The highest BCUT2D eigenvalue weighted by Crippen LogP contribution is 2.39. The number of allylic oxidation sites excluding steroid dienone is 1. The number of rotatable bonds is 10. The summed E-state index contributed by atoms with van der Waals surface area (Å²) in [6.45, 7) is 5.56. The number of aliphatic imine (C=N–C) groups is 1. The first kappa shape index (κ1) is 25.6. The van der Waals surface area contributed by atoms with Gasteiger partial charge < -0.3 is 16.4 Å². The third-order valence-electron chi connectivity index (χ3n) is 7.67. The van der Waals surface area contributed by atoms with E-state index in [9.17, 15) is 9.59 Å². The van der Waals surface area contributed by atoms with Crippen molar-refractivity contribution < 1.29 is 9.59 Å². The Bertz CT molecular complexity index is 718. The Morgan fingerprint density at radius 1 is 1.12 bits per heavy atom. The molecule has 0 radical (unpaired) electrons. The van der Waals surface area contributed by atoms with Crippen LogP contribution in [0.4, 0.5) is 4.79 Å². The molecule has 33 heavy (non-hydrogen) atoms. The number of hydrogen-bond donors (Lipinski definition) is 3. The van der Waals surface area contributed by atoms with Gasteiger partial charge in [-0.25, -0.2) is 9.79 Å². The predicted octanol–water partition coefficient (Wildman–Crippen LogP) is 4.83. The Kier molecular flexibility index (Phi) is 9.63. The number of unbranched alkanes of at least 4 members (excludes halogenated alkanes) is 1. The normalized spacial score (nSPS) is 26.3. The molecule has 2 saturated carbocycles. The van der Waals surface area contributed by atoms with Gasteiger partial charge in [0, 0.05) is 19.3 Å². The molecular weight excluding hydrogens is 414 g/mol. The minimum absolute atomic E-state index is 0.139. The number of guanidine groups is 1. The van der Waals surface area contributed by atoms with Crippen molar-refractivity contribution in [1.82, 2.24) is 15.5 Å². The summed E-state index contributed by atoms with van der Waals surface area (Å²) >= 11 is 0. The van der Waals surface area contributed by atoms with Crippen molar-refractivity contribution in [2.75, 3.05) is 13.1 Å². The fourth-order valence-electron chi connectivity index (χ4n) is 5.69. The minimum Gasteiger partial charge on any atom is -0.369 e. The molecule has 1 unspecified atom stereocenters. The molecule has 2 fully saturated rings. The van der Waals surface area contributed by atoms with Crippen LogP contribution >= 0.6 is 0 Å². The largest absolute Gasteiger partial charge is 0.369 e. The van der Waals surface area contributed by atoms with Crippen molar-refractivity contribution in [2.45, 2.75) is 109 Å². The van der Waals surface area contributed by atoms with Crippen molar-refractivity contribution >= 4 is 17.9 Å². The number of nitrogens with two attached hydrogens (primary N) is 1. The van der Waals surface area contributed by atoms with Crippen LogP contribution in [-0.4, -0.2) is 41.4 Å². The number of amides is 3. The number of carbonyl (C=O) groups excluding carboxylic acids is 2. The molecule has 0 aromatic rings. The highest BCUT2D eigenvalue weighted by atomic mass is 16.2. The van der Waals surface area contributed by atoms with Gasteiger partial charge in [0.2, 0.25) is 0 Å². The van der Waals surface area contributed by atoms with E-state index >= 15 is 0 Å². The third-order valence-corrected chi connectivity index (χ3v) is 7.67. The van der Waals surface area contributed by atoms with Gasteiger partial charge in [-0.3, -0.25) is 9.69 Å². The van der Waals surface area contributed by atoms with E-state index in [0.717, 1.165) is 57.8 Å². The number of nitrogens with one attached hydrogen (secondary N) is 2. The van der Waals surface area contributed by atoms with Gasteiger partial charge in [-0.1, -0.05) is 64.4 Å². The molecule has 4 N–H and O–H groups in total. The fraction of sp³-hybridized carbons (Fsp3) is 0.808. The standard InChI is InChI=1S/C26H45N5O2/c1-3-5-15-26(17-20-9-7-6-8-10-20)23(32)31(24(27)30-26)19-22-13-11-21(12-14-22)18-29-25(33)28-16-4-2/h18,20,22H,3-17,19H2,1-2H3,(H2,27,30)(H2,28,29,33). The summed E-state index contributed by atoms with van der Waals surface area (Å²) in [5.74, 6) is 1.60. The van der Waals surface area contributed by atoms with Crippen LogP contribution in [0.3, 0.4) is 0 Å². The van der Waals surface area contributed by atoms with Gasteiger partial charge in [-0.05, 0) is 56.8 Å². The lowest BCUT2D eigenvalue weighted by Gasteiger charge is -2.33. The van der Waals surface area contributed by atoms with E-state index in [2.05, 4.69) is 17.6 Å². The molecule has 7 heteroatoms. The summed E-state index contributed by atoms with van der Waals surface area (Å²) in [5, 5.41) is 5.67. The summed E-state index contributed by atoms with van der Waals surface area (Å²) in [5.41, 5.74) is 7.01. The topological polar surface area (TPSA) is 99.8 Å². The van der Waals surface area contributed by atoms with Crippen LogP contribution in [0.2, 0.25) is 0 Å². The number of carbonyl (C=O) groups is 2. The van der Waals surface area contributed by atoms with Crippen LogP contribution in [0.1, 0.15) is 104 Å². The van der Waals surface area contributed by atoms with Crippen molar-refractivity contribution in [3.63, 3.8) is 0 Å². The van der Waals surface area contributed by atoms with Crippen molar-refractivity contribution in [3.05, 3.63) is 11.8 Å². The Morgan fingerprint density at radius 3 is 2.52 bits per heavy atom. The van der Waals surface area contributed by atoms with E-state index in [-0.39, 0.29) is 11.9 Å². The SMILES string of the molecule is CCCCC1(CC2CCCCC2)N=C(N)N(CC2CCC(=CNC(=O)NCCC)CC2)C1=O. The average Bonchev–Trinajstić information content (AvgIpc) is 3.05. The maximum absolute atomic E-state index is 13.7. The van der Waals surface area contributed by atoms with Crippen molar-refractivity contribution in [1.29, 1.82) is 0 Å². The van der Waals surface area contributed by atoms with Gasteiger partial charge in [0.05, 0.1) is 0 Å². The summed E-state index contributed by atoms with van der Waals surface area (Å²) < 4.78 is 0. The molecule has 1 heterocycles. The molecule has 0 aromatic carbocycles. The van der Waals surface area contributed by atoms with E-state index < -0.39 is 5.54 Å². The van der Waals surface area contributed by atoms with Gasteiger partial charge in [-0.2, -0.15) is 0 Å². The molecule has 0 aromatic heterocycles. The Hall–Kier alpha value is -2.05. The first-order valence-electron chi connectivity index (χ1n) is 13.4. The second kappa shape index (κ2) is 12.4. The minimum atomic E-state index is -0.627. The monoisotopic (exact) mass is 459 g/mol. The molecule has 3 amide bonds. The Labute approximate surface area is 200 Å².